The van der Waals surface area contributed by atoms with Crippen molar-refractivity contribution >= 4 is 40.1 Å². The van der Waals surface area contributed by atoms with E-state index in [9.17, 15) is 4.79 Å². The summed E-state index contributed by atoms with van der Waals surface area (Å²) >= 11 is 0. The summed E-state index contributed by atoms with van der Waals surface area (Å²) in [6.45, 7) is 9.00. The fourth-order valence-electron chi connectivity index (χ4n) is 4.06. The quantitative estimate of drug-likeness (QED) is 0.407. The summed E-state index contributed by atoms with van der Waals surface area (Å²) in [5.41, 5.74) is 5.49. The molecule has 3 heterocycles. The fourth-order valence-corrected chi connectivity index (χ4v) is 4.06. The fraction of sp³-hybridized carbons (Fsp3) is 0.296. The maximum atomic E-state index is 13.0. The SMILES string of the molecule is Cc1ccc(C(=O)Nc2cccc(C(C)C)c2)cc1Nc1ncnc2cnc(N3CCOCC3)nc12. The van der Waals surface area contributed by atoms with Crippen molar-refractivity contribution in [2.24, 2.45) is 0 Å². The highest BCUT2D eigenvalue weighted by atomic mass is 16.5. The van der Waals surface area contributed by atoms with Crippen molar-refractivity contribution in [1.29, 1.82) is 0 Å². The molecule has 0 spiro atoms. The molecule has 9 nitrogen and oxygen atoms in total. The summed E-state index contributed by atoms with van der Waals surface area (Å²) in [5, 5.41) is 6.37. The lowest BCUT2D eigenvalue weighted by Crippen LogP contribution is -2.37. The van der Waals surface area contributed by atoms with E-state index in [1.165, 1.54) is 11.9 Å². The first kappa shape index (κ1) is 23.6. The minimum atomic E-state index is -0.177. The number of nitrogens with one attached hydrogen (secondary N) is 2. The van der Waals surface area contributed by atoms with Gasteiger partial charge in [-0.15, -0.1) is 0 Å². The molecule has 1 fully saturated rings. The molecule has 9 heteroatoms. The topological polar surface area (TPSA) is 105 Å². The summed E-state index contributed by atoms with van der Waals surface area (Å²) in [4.78, 5) is 33.1. The van der Waals surface area contributed by atoms with Gasteiger partial charge >= 0.3 is 0 Å². The second-order valence-corrected chi connectivity index (χ2v) is 9.11. The number of rotatable bonds is 6. The van der Waals surface area contributed by atoms with E-state index in [2.05, 4.69) is 50.4 Å². The summed E-state index contributed by atoms with van der Waals surface area (Å²) in [6.07, 6.45) is 3.19. The van der Waals surface area contributed by atoms with E-state index in [1.807, 2.05) is 43.3 Å². The number of carbonyl (C=O) groups excluding carboxylic acids is 1. The van der Waals surface area contributed by atoms with Crippen LogP contribution in [0.15, 0.2) is 55.0 Å². The van der Waals surface area contributed by atoms with Crippen LogP contribution in [0, 0.1) is 6.92 Å². The van der Waals surface area contributed by atoms with Gasteiger partial charge in [-0.05, 0) is 48.2 Å². The van der Waals surface area contributed by atoms with E-state index >= 15 is 0 Å². The standard InChI is InChI=1S/C27H29N7O2/c1-17(2)19-5-4-6-21(13-19)31-26(35)20-8-7-18(3)22(14-20)32-25-24-23(29-16-30-25)15-28-27(33-24)34-9-11-36-12-10-34/h4-8,13-17H,9-12H2,1-3H3,(H,31,35)(H,29,30,32). The molecule has 184 valence electrons. The number of benzene rings is 2. The number of carbonyl (C=O) groups is 1. The normalized spacial score (nSPS) is 13.7. The molecule has 1 amide bonds. The molecule has 0 aliphatic carbocycles. The Balaban J connectivity index is 1.41. The Morgan fingerprint density at radius 1 is 1.06 bits per heavy atom. The summed E-state index contributed by atoms with van der Waals surface area (Å²) in [7, 11) is 0. The molecule has 36 heavy (non-hydrogen) atoms. The molecule has 4 aromatic rings. The average Bonchev–Trinajstić information content (AvgIpc) is 2.90. The number of nitrogens with zero attached hydrogens (tertiary/aromatic N) is 5. The van der Waals surface area contributed by atoms with Gasteiger partial charge in [-0.2, -0.15) is 0 Å². The lowest BCUT2D eigenvalue weighted by Gasteiger charge is -2.26. The van der Waals surface area contributed by atoms with Gasteiger partial charge in [-0.3, -0.25) is 4.79 Å². The summed E-state index contributed by atoms with van der Waals surface area (Å²) in [6, 6.07) is 13.5. The highest BCUT2D eigenvalue weighted by Gasteiger charge is 2.17. The molecule has 0 radical (unpaired) electrons. The third-order valence-corrected chi connectivity index (χ3v) is 6.22. The van der Waals surface area contributed by atoms with Gasteiger partial charge in [0.2, 0.25) is 5.95 Å². The molecular weight excluding hydrogens is 454 g/mol. The Hall–Kier alpha value is -4.11. The van der Waals surface area contributed by atoms with Gasteiger partial charge in [0.25, 0.3) is 5.91 Å². The first-order chi connectivity index (χ1) is 17.5. The van der Waals surface area contributed by atoms with Crippen LogP contribution in [-0.2, 0) is 4.74 Å². The molecule has 2 N–H and O–H groups in total. The molecule has 0 unspecified atom stereocenters. The van der Waals surface area contributed by atoms with Gasteiger partial charge in [0.15, 0.2) is 5.82 Å². The molecule has 2 aromatic carbocycles. The Morgan fingerprint density at radius 2 is 1.89 bits per heavy atom. The van der Waals surface area contributed by atoms with Crippen molar-refractivity contribution in [3.8, 4) is 0 Å². The van der Waals surface area contributed by atoms with Gasteiger partial charge in [0.05, 0.1) is 19.4 Å². The van der Waals surface area contributed by atoms with E-state index in [4.69, 9.17) is 9.72 Å². The number of hydrogen-bond acceptors (Lipinski definition) is 8. The highest BCUT2D eigenvalue weighted by Crippen LogP contribution is 2.26. The van der Waals surface area contributed by atoms with E-state index in [0.717, 1.165) is 30.0 Å². The van der Waals surface area contributed by atoms with Crippen molar-refractivity contribution < 1.29 is 9.53 Å². The molecule has 1 aliphatic rings. The van der Waals surface area contributed by atoms with Crippen LogP contribution in [0.1, 0.15) is 41.3 Å². The third kappa shape index (κ3) is 5.11. The summed E-state index contributed by atoms with van der Waals surface area (Å²) in [5.74, 6) is 1.38. The number of aryl methyl sites for hydroxylation is 1. The Bertz CT molecular complexity index is 1400. The van der Waals surface area contributed by atoms with E-state index in [0.29, 0.717) is 47.5 Å². The number of anilines is 4. The van der Waals surface area contributed by atoms with Crippen molar-refractivity contribution in [3.63, 3.8) is 0 Å². The summed E-state index contributed by atoms with van der Waals surface area (Å²) < 4.78 is 5.44. The number of aromatic nitrogens is 4. The minimum absolute atomic E-state index is 0.177. The monoisotopic (exact) mass is 483 g/mol. The zero-order chi connectivity index (χ0) is 25.1. The molecule has 0 saturated carbocycles. The van der Waals surface area contributed by atoms with E-state index in [-0.39, 0.29) is 5.91 Å². The van der Waals surface area contributed by atoms with Crippen molar-refractivity contribution in [1.82, 2.24) is 19.9 Å². The number of morpholine rings is 1. The predicted molar refractivity (Wildman–Crippen MR) is 141 cm³/mol. The highest BCUT2D eigenvalue weighted by molar-refractivity contribution is 6.05. The lowest BCUT2D eigenvalue weighted by atomic mass is 10.0. The molecule has 2 aromatic heterocycles. The van der Waals surface area contributed by atoms with Crippen molar-refractivity contribution in [2.75, 3.05) is 41.8 Å². The van der Waals surface area contributed by atoms with Gasteiger partial charge in [-0.1, -0.05) is 32.0 Å². The van der Waals surface area contributed by atoms with Gasteiger partial charge < -0.3 is 20.3 Å². The van der Waals surface area contributed by atoms with Crippen LogP contribution in [0.4, 0.5) is 23.1 Å². The molecule has 5 rings (SSSR count). The maximum absolute atomic E-state index is 13.0. The Morgan fingerprint density at radius 3 is 2.69 bits per heavy atom. The van der Waals surface area contributed by atoms with Crippen molar-refractivity contribution in [2.45, 2.75) is 26.7 Å². The zero-order valence-corrected chi connectivity index (χ0v) is 20.7. The lowest BCUT2D eigenvalue weighted by molar-refractivity contribution is 0.102. The Kier molecular flexibility index (Phi) is 6.73. The van der Waals surface area contributed by atoms with Crippen LogP contribution in [0.25, 0.3) is 11.0 Å². The second kappa shape index (κ2) is 10.2. The van der Waals surface area contributed by atoms with Crippen LogP contribution >= 0.6 is 0 Å². The van der Waals surface area contributed by atoms with E-state index in [1.54, 1.807) is 6.20 Å². The first-order valence-corrected chi connectivity index (χ1v) is 12.1. The largest absolute Gasteiger partial charge is 0.378 e. The van der Waals surface area contributed by atoms with Gasteiger partial charge in [0, 0.05) is 30.0 Å². The molecular formula is C27H29N7O2. The number of amides is 1. The molecule has 1 aliphatic heterocycles. The van der Waals surface area contributed by atoms with Gasteiger partial charge in [0.1, 0.15) is 17.4 Å². The maximum Gasteiger partial charge on any atom is 0.255 e. The average molecular weight is 484 g/mol. The zero-order valence-electron chi connectivity index (χ0n) is 20.7. The predicted octanol–water partition coefficient (Wildman–Crippen LogP) is 4.68. The number of ether oxygens (including phenoxy) is 1. The van der Waals surface area contributed by atoms with Crippen LogP contribution in [-0.4, -0.2) is 52.1 Å². The molecule has 0 atom stereocenters. The van der Waals surface area contributed by atoms with Crippen LogP contribution < -0.4 is 15.5 Å². The molecule has 0 bridgehead atoms. The second-order valence-electron chi connectivity index (χ2n) is 9.11. The smallest absolute Gasteiger partial charge is 0.255 e. The van der Waals surface area contributed by atoms with Crippen LogP contribution in [0.2, 0.25) is 0 Å². The first-order valence-electron chi connectivity index (χ1n) is 12.1. The van der Waals surface area contributed by atoms with Crippen LogP contribution in [0.3, 0.4) is 0 Å². The van der Waals surface area contributed by atoms with Crippen LogP contribution in [0.5, 0.6) is 0 Å². The van der Waals surface area contributed by atoms with Crippen molar-refractivity contribution in [3.05, 3.63) is 71.7 Å². The number of hydrogen-bond donors (Lipinski definition) is 2. The van der Waals surface area contributed by atoms with E-state index < -0.39 is 0 Å². The molecule has 1 saturated heterocycles. The van der Waals surface area contributed by atoms with Gasteiger partial charge in [-0.25, -0.2) is 19.9 Å². The number of fused-ring (bicyclic) bond motifs is 1. The Labute approximate surface area is 210 Å². The third-order valence-electron chi connectivity index (χ3n) is 6.22. The minimum Gasteiger partial charge on any atom is -0.378 e.